The largest absolute Gasteiger partial charge is 0.479 e. The van der Waals surface area contributed by atoms with Gasteiger partial charge < -0.3 is 39.7 Å². The van der Waals surface area contributed by atoms with Crippen molar-refractivity contribution in [2.45, 2.75) is 133 Å². The maximum absolute atomic E-state index is 13.0. The van der Waals surface area contributed by atoms with E-state index in [9.17, 15) is 44.7 Å². The number of rotatable bonds is 22. The molecule has 2 heterocycles. The Morgan fingerprint density at radius 1 is 0.843 bits per heavy atom. The van der Waals surface area contributed by atoms with Gasteiger partial charge in [0.05, 0.1) is 0 Å². The van der Waals surface area contributed by atoms with Crippen molar-refractivity contribution >= 4 is 30.0 Å². The Kier molecular flexibility index (Phi) is 15.6. The van der Waals surface area contributed by atoms with Crippen LogP contribution in [0.15, 0.2) is 60.7 Å². The number of carbonyl (C=O) groups is 4. The average molecular weight is 715 g/mol. The fraction of sp³-hybridized carbons (Fsp3) is 0.590. The standard InChI is InChI=1S/C39H54O12/c1-4-5-6-7-8-9-10-11-12-13-17-24-30(40)49-32-31(41)37(26-25-28(3)27(2)20-18-19-23-29-21-15-14-16-22-29)50-33(34(42)43)38(48,35(44)45)39(32,51-37)36(46)47/h4-5,10-11,14-16,19,21-23,27-28,31-33,41,48H,6-9,12-13,17-18,20,24-26H2,1-3H3,(H,42,43)(H,44,45)(H,46,47)/t27?,28?,31-,32?,33-,37+,38-,39+/m1/s1. The second-order valence-corrected chi connectivity index (χ2v) is 13.7. The van der Waals surface area contributed by atoms with E-state index in [-0.39, 0.29) is 31.1 Å². The van der Waals surface area contributed by atoms with Gasteiger partial charge in [0.2, 0.25) is 23.1 Å². The highest BCUT2D eigenvalue weighted by Gasteiger charge is 2.85. The van der Waals surface area contributed by atoms with E-state index in [1.54, 1.807) is 0 Å². The van der Waals surface area contributed by atoms with Crippen molar-refractivity contribution < 1.29 is 58.9 Å². The molecule has 0 radical (unpaired) electrons. The van der Waals surface area contributed by atoms with E-state index in [1.807, 2.05) is 69.3 Å². The lowest BCUT2D eigenvalue weighted by molar-refractivity contribution is -0.374. The Morgan fingerprint density at radius 2 is 1.45 bits per heavy atom. The lowest BCUT2D eigenvalue weighted by Crippen LogP contribution is -2.78. The number of aliphatic hydroxyl groups is 2. The third kappa shape index (κ3) is 9.73. The number of allylic oxidation sites excluding steroid dienone is 5. The van der Waals surface area contributed by atoms with Crippen LogP contribution in [0.5, 0.6) is 0 Å². The van der Waals surface area contributed by atoms with Gasteiger partial charge in [-0.2, -0.15) is 0 Å². The molecule has 2 aliphatic rings. The van der Waals surface area contributed by atoms with Gasteiger partial charge in [0.15, 0.2) is 6.10 Å². The second kappa shape index (κ2) is 19.1. The Bertz CT molecular complexity index is 1410. The molecule has 0 spiro atoms. The highest BCUT2D eigenvalue weighted by Crippen LogP contribution is 2.56. The van der Waals surface area contributed by atoms with Crippen molar-refractivity contribution in [1.29, 1.82) is 0 Å². The number of carbonyl (C=O) groups excluding carboxylic acids is 1. The molecule has 2 saturated heterocycles. The molecule has 5 N–H and O–H groups in total. The van der Waals surface area contributed by atoms with E-state index >= 15 is 0 Å². The minimum absolute atomic E-state index is 0.0689. The first-order valence-electron chi connectivity index (χ1n) is 17.9. The molecule has 0 saturated carbocycles. The summed E-state index contributed by atoms with van der Waals surface area (Å²) in [5.41, 5.74) is -6.11. The lowest BCUT2D eigenvalue weighted by atomic mass is 9.74. The fourth-order valence-corrected chi connectivity index (χ4v) is 6.75. The molecule has 1 aromatic carbocycles. The maximum atomic E-state index is 13.0. The van der Waals surface area contributed by atoms with Crippen LogP contribution >= 0.6 is 0 Å². The van der Waals surface area contributed by atoms with Gasteiger partial charge in [0.25, 0.3) is 0 Å². The molecule has 51 heavy (non-hydrogen) atoms. The van der Waals surface area contributed by atoms with E-state index in [2.05, 4.69) is 18.2 Å². The van der Waals surface area contributed by atoms with Gasteiger partial charge in [0.1, 0.15) is 6.10 Å². The monoisotopic (exact) mass is 714 g/mol. The smallest absolute Gasteiger partial charge is 0.344 e. The lowest BCUT2D eigenvalue weighted by Gasteiger charge is -2.48. The number of ether oxygens (including phenoxy) is 3. The number of carboxylic acid groups (broad SMARTS) is 3. The molecule has 12 nitrogen and oxygen atoms in total. The highest BCUT2D eigenvalue weighted by molar-refractivity contribution is 5.98. The van der Waals surface area contributed by atoms with Crippen LogP contribution in [-0.4, -0.2) is 84.7 Å². The van der Waals surface area contributed by atoms with E-state index in [0.29, 0.717) is 19.3 Å². The fourth-order valence-electron chi connectivity index (χ4n) is 6.75. The Labute approximate surface area is 299 Å². The number of aliphatic hydroxyl groups excluding tert-OH is 1. The Balaban J connectivity index is 1.72. The molecule has 0 amide bonds. The van der Waals surface area contributed by atoms with Gasteiger partial charge in [-0.05, 0) is 88.5 Å². The molecule has 2 bridgehead atoms. The van der Waals surface area contributed by atoms with Crippen LogP contribution in [0.2, 0.25) is 0 Å². The zero-order chi connectivity index (χ0) is 37.7. The molecule has 2 fully saturated rings. The summed E-state index contributed by atoms with van der Waals surface area (Å²) < 4.78 is 16.7. The summed E-state index contributed by atoms with van der Waals surface area (Å²) in [6, 6.07) is 9.81. The molecule has 3 rings (SSSR count). The van der Waals surface area contributed by atoms with Crippen LogP contribution in [0, 0.1) is 11.8 Å². The first kappa shape index (κ1) is 41.6. The molecule has 1 aromatic rings. The first-order chi connectivity index (χ1) is 24.3. The zero-order valence-electron chi connectivity index (χ0n) is 29.8. The molecule has 0 aromatic heterocycles. The summed E-state index contributed by atoms with van der Waals surface area (Å²) in [7, 11) is 0. The average Bonchev–Trinajstić information content (AvgIpc) is 3.31. The van der Waals surface area contributed by atoms with Crippen LogP contribution in [-0.2, 0) is 33.4 Å². The summed E-state index contributed by atoms with van der Waals surface area (Å²) >= 11 is 0. The summed E-state index contributed by atoms with van der Waals surface area (Å²) in [5.74, 6) is -9.73. The van der Waals surface area contributed by atoms with Crippen molar-refractivity contribution in [3.63, 3.8) is 0 Å². The first-order valence-corrected chi connectivity index (χ1v) is 17.9. The highest BCUT2D eigenvalue weighted by atomic mass is 16.8. The number of esters is 1. The van der Waals surface area contributed by atoms with Crippen LogP contribution in [0.3, 0.4) is 0 Å². The number of hydrogen-bond donors (Lipinski definition) is 5. The van der Waals surface area contributed by atoms with Gasteiger partial charge in [-0.25, -0.2) is 14.4 Å². The summed E-state index contributed by atoms with van der Waals surface area (Å²) in [6.45, 7) is 5.93. The SMILES string of the molecule is CC=CCCCCC=CCCCCC(=O)OC1[C@@H](O)[C@@]2(CCC(C)C(C)CCC=Cc3ccccc3)O[C@H](C(=O)O)[C@@](O)(C(=O)O)[C@]1(C(=O)O)O2. The number of unbranched alkanes of at least 4 members (excludes halogenated alkanes) is 5. The van der Waals surface area contributed by atoms with Gasteiger partial charge in [-0.1, -0.05) is 80.6 Å². The van der Waals surface area contributed by atoms with Crippen LogP contribution in [0.25, 0.3) is 6.08 Å². The topological polar surface area (TPSA) is 197 Å². The molecule has 2 aliphatic heterocycles. The van der Waals surface area contributed by atoms with Gasteiger partial charge in [-0.3, -0.25) is 4.79 Å². The van der Waals surface area contributed by atoms with E-state index in [4.69, 9.17) is 14.2 Å². The minimum atomic E-state index is -3.78. The number of hydrogen-bond acceptors (Lipinski definition) is 9. The van der Waals surface area contributed by atoms with Crippen molar-refractivity contribution in [1.82, 2.24) is 0 Å². The summed E-state index contributed by atoms with van der Waals surface area (Å²) in [5, 5.41) is 53.5. The third-order valence-electron chi connectivity index (χ3n) is 10.1. The summed E-state index contributed by atoms with van der Waals surface area (Å²) in [4.78, 5) is 50.8. The Morgan fingerprint density at radius 3 is 2.04 bits per heavy atom. The van der Waals surface area contributed by atoms with Crippen molar-refractivity contribution in [3.8, 4) is 0 Å². The molecule has 282 valence electrons. The normalized spacial score (nSPS) is 28.7. The van der Waals surface area contributed by atoms with Crippen LogP contribution < -0.4 is 0 Å². The van der Waals surface area contributed by atoms with E-state index < -0.39 is 59.2 Å². The minimum Gasteiger partial charge on any atom is -0.479 e. The van der Waals surface area contributed by atoms with Gasteiger partial charge >= 0.3 is 23.9 Å². The predicted molar refractivity (Wildman–Crippen MR) is 188 cm³/mol. The van der Waals surface area contributed by atoms with Crippen LogP contribution in [0.4, 0.5) is 0 Å². The number of carboxylic acids is 3. The van der Waals surface area contributed by atoms with Crippen molar-refractivity contribution in [3.05, 3.63) is 66.3 Å². The predicted octanol–water partition coefficient (Wildman–Crippen LogP) is 5.91. The van der Waals surface area contributed by atoms with Crippen molar-refractivity contribution in [2.24, 2.45) is 11.8 Å². The molecule has 8 atom stereocenters. The number of aliphatic carboxylic acids is 3. The maximum Gasteiger partial charge on any atom is 0.344 e. The van der Waals surface area contributed by atoms with E-state index in [1.165, 1.54) is 0 Å². The quantitative estimate of drug-likeness (QED) is 0.0542. The molecule has 3 unspecified atom stereocenters. The molecule has 0 aliphatic carbocycles. The third-order valence-corrected chi connectivity index (χ3v) is 10.1. The zero-order valence-corrected chi connectivity index (χ0v) is 29.8. The second-order valence-electron chi connectivity index (χ2n) is 13.7. The molecular formula is C39H54O12. The van der Waals surface area contributed by atoms with Gasteiger partial charge in [0, 0.05) is 12.8 Å². The Hall–Kier alpha value is -3.84. The number of benzene rings is 1. The van der Waals surface area contributed by atoms with Crippen molar-refractivity contribution in [2.75, 3.05) is 0 Å². The van der Waals surface area contributed by atoms with Crippen LogP contribution in [0.1, 0.15) is 103 Å². The summed E-state index contributed by atoms with van der Waals surface area (Å²) in [6.07, 6.45) is 12.3. The van der Waals surface area contributed by atoms with Gasteiger partial charge in [-0.15, -0.1) is 0 Å². The number of fused-ring (bicyclic) bond motifs is 2. The molecular weight excluding hydrogens is 660 g/mol. The van der Waals surface area contributed by atoms with E-state index in [0.717, 1.165) is 44.1 Å². The molecule has 12 heteroatoms.